The van der Waals surface area contributed by atoms with Gasteiger partial charge in [0.15, 0.2) is 0 Å². The molecule has 28 heavy (non-hydrogen) atoms. The minimum absolute atomic E-state index is 0.0578. The van der Waals surface area contributed by atoms with Crippen LogP contribution in [0.3, 0.4) is 0 Å². The number of ether oxygens (including phenoxy) is 2. The maximum Gasteiger partial charge on any atom is 0.255 e. The van der Waals surface area contributed by atoms with E-state index < -0.39 is 0 Å². The molecule has 2 aromatic rings. The smallest absolute Gasteiger partial charge is 0.255 e. The van der Waals surface area contributed by atoms with Crippen molar-refractivity contribution in [2.75, 3.05) is 39.9 Å². The quantitative estimate of drug-likeness (QED) is 0.760. The molecule has 3 heterocycles. The van der Waals surface area contributed by atoms with Crippen LogP contribution in [0.15, 0.2) is 36.7 Å². The molecule has 1 aromatic carbocycles. The van der Waals surface area contributed by atoms with Crippen molar-refractivity contribution in [2.24, 2.45) is 0 Å². The average Bonchev–Trinajstić information content (AvgIpc) is 2.72. The third-order valence-electron chi connectivity index (χ3n) is 5.29. The summed E-state index contributed by atoms with van der Waals surface area (Å²) in [6, 6.07) is 7.31. The molecule has 6 nitrogen and oxygen atoms in total. The van der Waals surface area contributed by atoms with E-state index in [1.165, 1.54) is 0 Å². The van der Waals surface area contributed by atoms with Crippen molar-refractivity contribution in [2.45, 2.75) is 12.1 Å². The van der Waals surface area contributed by atoms with Crippen molar-refractivity contribution in [1.82, 2.24) is 14.8 Å². The molecule has 4 rings (SSSR count). The number of carbonyl (C=O) groups is 1. The van der Waals surface area contributed by atoms with Crippen molar-refractivity contribution < 1.29 is 14.3 Å². The molecule has 2 atom stereocenters. The topological polar surface area (TPSA) is 54.9 Å². The minimum Gasteiger partial charge on any atom is -0.495 e. The van der Waals surface area contributed by atoms with Crippen LogP contribution < -0.4 is 4.74 Å². The van der Waals surface area contributed by atoms with Gasteiger partial charge in [0.25, 0.3) is 5.91 Å². The third kappa shape index (κ3) is 3.82. The molecule has 0 spiro atoms. The van der Waals surface area contributed by atoms with Gasteiger partial charge in [-0.25, -0.2) is 0 Å². The lowest BCUT2D eigenvalue weighted by atomic mass is 10.0. The Morgan fingerprint density at radius 2 is 2.11 bits per heavy atom. The van der Waals surface area contributed by atoms with E-state index in [4.69, 9.17) is 32.7 Å². The third-order valence-corrected chi connectivity index (χ3v) is 5.89. The number of hydrogen-bond donors (Lipinski definition) is 0. The highest BCUT2D eigenvalue weighted by molar-refractivity contribution is 6.35. The Morgan fingerprint density at radius 1 is 1.25 bits per heavy atom. The molecule has 2 saturated heterocycles. The van der Waals surface area contributed by atoms with E-state index in [9.17, 15) is 4.79 Å². The molecule has 2 unspecified atom stereocenters. The van der Waals surface area contributed by atoms with Crippen LogP contribution in [0.2, 0.25) is 10.0 Å². The van der Waals surface area contributed by atoms with Gasteiger partial charge >= 0.3 is 0 Å². The van der Waals surface area contributed by atoms with Crippen molar-refractivity contribution in [1.29, 1.82) is 0 Å². The molecule has 0 N–H and O–H groups in total. The first-order valence-corrected chi connectivity index (χ1v) is 9.90. The lowest BCUT2D eigenvalue weighted by Crippen LogP contribution is -2.59. The number of piperazine rings is 1. The Labute approximate surface area is 173 Å². The van der Waals surface area contributed by atoms with Crippen LogP contribution in [0.1, 0.15) is 22.0 Å². The number of methoxy groups -OCH3 is 1. The van der Waals surface area contributed by atoms with E-state index in [0.29, 0.717) is 41.1 Å². The lowest BCUT2D eigenvalue weighted by molar-refractivity contribution is -0.0859. The normalized spacial score (nSPS) is 22.6. The number of rotatable bonds is 3. The van der Waals surface area contributed by atoms with Crippen molar-refractivity contribution in [3.8, 4) is 5.75 Å². The van der Waals surface area contributed by atoms with Crippen LogP contribution >= 0.6 is 23.2 Å². The fourth-order valence-electron chi connectivity index (χ4n) is 3.78. The molecule has 1 aromatic heterocycles. The number of hydrogen-bond acceptors (Lipinski definition) is 5. The second-order valence-electron chi connectivity index (χ2n) is 6.98. The molecule has 148 valence electrons. The number of morpholine rings is 1. The van der Waals surface area contributed by atoms with Gasteiger partial charge in [-0.15, -0.1) is 0 Å². The predicted molar refractivity (Wildman–Crippen MR) is 107 cm³/mol. The van der Waals surface area contributed by atoms with Crippen LogP contribution in [-0.2, 0) is 4.74 Å². The minimum atomic E-state index is -0.0790. The molecule has 8 heteroatoms. The summed E-state index contributed by atoms with van der Waals surface area (Å²) in [6.07, 6.45) is 3.35. The monoisotopic (exact) mass is 421 g/mol. The maximum absolute atomic E-state index is 13.0. The summed E-state index contributed by atoms with van der Waals surface area (Å²) in [5.74, 6) is 0.426. The summed E-state index contributed by atoms with van der Waals surface area (Å²) in [7, 11) is 1.54. The van der Waals surface area contributed by atoms with E-state index >= 15 is 0 Å². The summed E-state index contributed by atoms with van der Waals surface area (Å²) in [6.45, 7) is 3.34. The SMILES string of the molecule is COc1cccc(C(=O)N2CCN3CC(c4cncc(Cl)c4)OCC3C2)c1Cl. The van der Waals surface area contributed by atoms with Crippen molar-refractivity contribution in [3.63, 3.8) is 0 Å². The van der Waals surface area contributed by atoms with Gasteiger partial charge in [0.05, 0.1) is 41.5 Å². The van der Waals surface area contributed by atoms with Gasteiger partial charge in [-0.1, -0.05) is 29.3 Å². The maximum atomic E-state index is 13.0. The van der Waals surface area contributed by atoms with Crippen LogP contribution in [0.4, 0.5) is 0 Å². The Bertz CT molecular complexity index is 880. The number of nitrogens with zero attached hydrogens (tertiary/aromatic N) is 3. The summed E-state index contributed by atoms with van der Waals surface area (Å²) in [4.78, 5) is 21.3. The van der Waals surface area contributed by atoms with Crippen molar-refractivity contribution in [3.05, 3.63) is 57.8 Å². The average molecular weight is 422 g/mol. The van der Waals surface area contributed by atoms with Gasteiger partial charge in [-0.2, -0.15) is 0 Å². The fourth-order valence-corrected chi connectivity index (χ4v) is 4.25. The van der Waals surface area contributed by atoms with Crippen LogP contribution in [0.5, 0.6) is 5.75 Å². The summed E-state index contributed by atoms with van der Waals surface area (Å²) in [5, 5.41) is 0.958. The molecular formula is C20H21Cl2N3O3. The standard InChI is InChI=1S/C20H21Cl2N3O3/c1-27-17-4-2-3-16(19(17)22)20(26)25-6-5-24-11-18(28-12-15(24)10-25)13-7-14(21)9-23-8-13/h2-4,7-9,15,18H,5-6,10-12H2,1H3. The van der Waals surface area contributed by atoms with Gasteiger partial charge in [-0.3, -0.25) is 14.7 Å². The second-order valence-corrected chi connectivity index (χ2v) is 7.79. The van der Waals surface area contributed by atoms with Gasteiger partial charge in [0.2, 0.25) is 0 Å². The van der Waals surface area contributed by atoms with Gasteiger partial charge < -0.3 is 14.4 Å². The van der Waals surface area contributed by atoms with Crippen LogP contribution in [-0.4, -0.2) is 66.6 Å². The van der Waals surface area contributed by atoms with Gasteiger partial charge in [-0.05, 0) is 18.2 Å². The number of pyridine rings is 1. The summed E-state index contributed by atoms with van der Waals surface area (Å²) in [5.41, 5.74) is 1.45. The largest absolute Gasteiger partial charge is 0.495 e. The first-order valence-electron chi connectivity index (χ1n) is 9.14. The predicted octanol–water partition coefficient (Wildman–Crippen LogP) is 3.29. The lowest BCUT2D eigenvalue weighted by Gasteiger charge is -2.46. The van der Waals surface area contributed by atoms with Gasteiger partial charge in [0.1, 0.15) is 5.75 Å². The Balaban J connectivity index is 1.43. The molecule has 0 bridgehead atoms. The number of amides is 1. The molecule has 0 saturated carbocycles. The summed E-state index contributed by atoms with van der Waals surface area (Å²) < 4.78 is 11.3. The van der Waals surface area contributed by atoms with E-state index in [1.807, 2.05) is 11.0 Å². The number of halogens is 2. The van der Waals surface area contributed by atoms with Gasteiger partial charge in [0, 0.05) is 44.1 Å². The molecule has 0 aliphatic carbocycles. The molecule has 2 fully saturated rings. The van der Waals surface area contributed by atoms with E-state index in [1.54, 1.807) is 37.7 Å². The fraction of sp³-hybridized carbons (Fsp3) is 0.400. The zero-order chi connectivity index (χ0) is 19.7. The molecule has 2 aliphatic rings. The molecular weight excluding hydrogens is 401 g/mol. The molecule has 1 amide bonds. The summed E-state index contributed by atoms with van der Waals surface area (Å²) >= 11 is 12.4. The highest BCUT2D eigenvalue weighted by atomic mass is 35.5. The van der Waals surface area contributed by atoms with Crippen molar-refractivity contribution >= 4 is 29.1 Å². The number of benzene rings is 1. The zero-order valence-electron chi connectivity index (χ0n) is 15.5. The zero-order valence-corrected chi connectivity index (χ0v) is 17.0. The molecule has 2 aliphatic heterocycles. The Hall–Kier alpha value is -1.86. The van der Waals surface area contributed by atoms with E-state index in [-0.39, 0.29) is 18.1 Å². The first kappa shape index (κ1) is 19.5. The Kier molecular flexibility index (Phi) is 5.73. The second kappa shape index (κ2) is 8.25. The van der Waals surface area contributed by atoms with E-state index in [2.05, 4.69) is 9.88 Å². The number of fused-ring (bicyclic) bond motifs is 1. The highest BCUT2D eigenvalue weighted by Gasteiger charge is 2.36. The number of aromatic nitrogens is 1. The van der Waals surface area contributed by atoms with E-state index in [0.717, 1.165) is 18.7 Å². The van der Waals surface area contributed by atoms with Crippen LogP contribution in [0.25, 0.3) is 0 Å². The number of carbonyl (C=O) groups excluding carboxylic acids is 1. The Morgan fingerprint density at radius 3 is 2.89 bits per heavy atom. The molecule has 0 radical (unpaired) electrons. The van der Waals surface area contributed by atoms with Crippen LogP contribution in [0, 0.1) is 0 Å². The highest BCUT2D eigenvalue weighted by Crippen LogP contribution is 2.31. The first-order chi connectivity index (χ1) is 13.6.